The summed E-state index contributed by atoms with van der Waals surface area (Å²) in [5.41, 5.74) is 0. The average Bonchev–Trinajstić information content (AvgIpc) is 2.50. The van der Waals surface area contributed by atoms with Crippen LogP contribution in [0.5, 0.6) is 0 Å². The second-order valence-corrected chi connectivity index (χ2v) is 5.51. The summed E-state index contributed by atoms with van der Waals surface area (Å²) in [5, 5.41) is 0. The van der Waals surface area contributed by atoms with Crippen molar-refractivity contribution in [2.45, 2.75) is 32.6 Å². The lowest BCUT2D eigenvalue weighted by atomic mass is 9.83. The fourth-order valence-corrected chi connectivity index (χ4v) is 2.25. The van der Waals surface area contributed by atoms with Crippen molar-refractivity contribution in [1.82, 2.24) is 0 Å². The summed E-state index contributed by atoms with van der Waals surface area (Å²) in [6.07, 6.45) is 5.83. The van der Waals surface area contributed by atoms with E-state index < -0.39 is 11.7 Å². The van der Waals surface area contributed by atoms with Gasteiger partial charge in [-0.25, -0.2) is 0 Å². The van der Waals surface area contributed by atoms with Gasteiger partial charge < -0.3 is 9.47 Å². The Hall–Kier alpha value is -1.58. The zero-order chi connectivity index (χ0) is 15.8. The van der Waals surface area contributed by atoms with Gasteiger partial charge in [-0.05, 0) is 24.7 Å². The van der Waals surface area contributed by atoms with Crippen molar-refractivity contribution in [1.29, 1.82) is 0 Å². The van der Waals surface area contributed by atoms with E-state index in [1.54, 1.807) is 0 Å². The lowest BCUT2D eigenvalue weighted by molar-refractivity contribution is 0.129. The Morgan fingerprint density at radius 2 is 1.57 bits per heavy atom. The zero-order valence-electron chi connectivity index (χ0n) is 12.7. The van der Waals surface area contributed by atoms with Gasteiger partial charge in [0, 0.05) is 0 Å². The smallest absolute Gasteiger partial charge is 0.203 e. The lowest BCUT2D eigenvalue weighted by Crippen LogP contribution is -2.17. The van der Waals surface area contributed by atoms with Gasteiger partial charge in [-0.15, -0.1) is 0 Å². The van der Waals surface area contributed by atoms with Crippen molar-refractivity contribution in [3.05, 3.63) is 49.0 Å². The topological polar surface area (TPSA) is 18.5 Å². The molecule has 118 valence electrons. The van der Waals surface area contributed by atoms with Crippen molar-refractivity contribution in [3.8, 4) is 0 Å². The van der Waals surface area contributed by atoms with Gasteiger partial charge in [0.25, 0.3) is 0 Å². The van der Waals surface area contributed by atoms with E-state index >= 15 is 0 Å². The third-order valence-electron chi connectivity index (χ3n) is 3.69. The van der Waals surface area contributed by atoms with E-state index in [2.05, 4.69) is 26.7 Å². The van der Waals surface area contributed by atoms with E-state index in [9.17, 15) is 8.78 Å². The first-order valence-electron chi connectivity index (χ1n) is 7.26. The molecular formula is C17H24F2O2. The molecule has 0 aromatic carbocycles. The average molecular weight is 298 g/mol. The Labute approximate surface area is 125 Å². The summed E-state index contributed by atoms with van der Waals surface area (Å²) in [6, 6.07) is 0. The Kier molecular flexibility index (Phi) is 7.20. The van der Waals surface area contributed by atoms with Crippen LogP contribution in [-0.4, -0.2) is 13.2 Å². The number of allylic oxidation sites excluding steroid dienone is 2. The molecule has 0 atom stereocenters. The molecule has 1 aliphatic carbocycles. The molecule has 0 N–H and O–H groups in total. The standard InChI is InChI=1S/C17H24F2O2/c1-5-10-20-13(3)16(18)17(19)14(4)21-11-15-8-6-12(2)7-9-15/h5,12,15H,1,3-4,6-11H2,2H3/b17-16-. The molecule has 0 amide bonds. The molecule has 4 heteroatoms. The Morgan fingerprint density at radius 1 is 1.05 bits per heavy atom. The molecular weight excluding hydrogens is 274 g/mol. The summed E-state index contributed by atoms with van der Waals surface area (Å²) < 4.78 is 37.6. The molecule has 1 rings (SSSR count). The number of rotatable bonds is 8. The van der Waals surface area contributed by atoms with Crippen LogP contribution in [0.15, 0.2) is 49.0 Å². The molecule has 1 aliphatic rings. The molecule has 0 bridgehead atoms. The van der Waals surface area contributed by atoms with Crippen LogP contribution in [0.3, 0.4) is 0 Å². The summed E-state index contributed by atoms with van der Waals surface area (Å²) in [5.74, 6) is -1.91. The predicted molar refractivity (Wildman–Crippen MR) is 80.7 cm³/mol. The van der Waals surface area contributed by atoms with E-state index in [1.165, 1.54) is 6.08 Å². The Balaban J connectivity index is 2.46. The highest BCUT2D eigenvalue weighted by Crippen LogP contribution is 2.30. The molecule has 1 saturated carbocycles. The van der Waals surface area contributed by atoms with Crippen molar-refractivity contribution >= 4 is 0 Å². The number of ether oxygens (including phenoxy) is 2. The number of hydrogen-bond donors (Lipinski definition) is 0. The van der Waals surface area contributed by atoms with Gasteiger partial charge in [0.15, 0.2) is 11.5 Å². The van der Waals surface area contributed by atoms with E-state index in [0.29, 0.717) is 12.5 Å². The van der Waals surface area contributed by atoms with Gasteiger partial charge >= 0.3 is 0 Å². The van der Waals surface area contributed by atoms with Gasteiger partial charge in [0.2, 0.25) is 11.7 Å². The third-order valence-corrected chi connectivity index (χ3v) is 3.69. The van der Waals surface area contributed by atoms with E-state index in [4.69, 9.17) is 9.47 Å². The Morgan fingerprint density at radius 3 is 2.10 bits per heavy atom. The minimum absolute atomic E-state index is 0.0626. The normalized spacial score (nSPS) is 23.0. The predicted octanol–water partition coefficient (Wildman–Crippen LogP) is 5.21. The Bertz CT molecular complexity index is 419. The second-order valence-electron chi connectivity index (χ2n) is 5.51. The quantitative estimate of drug-likeness (QED) is 0.348. The molecule has 0 saturated heterocycles. The SMILES string of the molecule is C=CCOC(=C)/C(F)=C(/F)C(=C)OCC1CCC(C)CC1. The molecule has 2 nitrogen and oxygen atoms in total. The van der Waals surface area contributed by atoms with E-state index in [0.717, 1.165) is 31.6 Å². The van der Waals surface area contributed by atoms with Gasteiger partial charge in [0.1, 0.15) is 6.61 Å². The number of hydrogen-bond acceptors (Lipinski definition) is 2. The minimum Gasteiger partial charge on any atom is -0.491 e. The maximum Gasteiger partial charge on any atom is 0.203 e. The van der Waals surface area contributed by atoms with Crippen LogP contribution < -0.4 is 0 Å². The summed E-state index contributed by atoms with van der Waals surface area (Å²) in [6.45, 7) is 12.8. The maximum absolute atomic E-state index is 13.8. The third kappa shape index (κ3) is 5.74. The first-order chi connectivity index (χ1) is 9.95. The molecule has 1 fully saturated rings. The fourth-order valence-electron chi connectivity index (χ4n) is 2.25. The summed E-state index contributed by atoms with van der Waals surface area (Å²) in [4.78, 5) is 0. The molecule has 0 heterocycles. The van der Waals surface area contributed by atoms with Gasteiger partial charge in [-0.1, -0.05) is 45.6 Å². The highest BCUT2D eigenvalue weighted by Gasteiger charge is 2.21. The molecule has 0 spiro atoms. The lowest BCUT2D eigenvalue weighted by Gasteiger charge is -2.26. The van der Waals surface area contributed by atoms with Crippen molar-refractivity contribution < 1.29 is 18.3 Å². The molecule has 21 heavy (non-hydrogen) atoms. The van der Waals surface area contributed by atoms with Crippen LogP contribution in [0.1, 0.15) is 32.6 Å². The van der Waals surface area contributed by atoms with Gasteiger partial charge in [-0.2, -0.15) is 8.78 Å². The van der Waals surface area contributed by atoms with E-state index in [1.807, 2.05) is 0 Å². The first kappa shape index (κ1) is 17.5. The van der Waals surface area contributed by atoms with Crippen LogP contribution in [0, 0.1) is 11.8 Å². The number of halogens is 2. The summed E-state index contributed by atoms with van der Waals surface area (Å²) >= 11 is 0. The highest BCUT2D eigenvalue weighted by molar-refractivity contribution is 5.29. The van der Waals surface area contributed by atoms with Crippen LogP contribution in [0.4, 0.5) is 8.78 Å². The van der Waals surface area contributed by atoms with Crippen molar-refractivity contribution in [2.24, 2.45) is 11.8 Å². The molecule has 0 aromatic heterocycles. The van der Waals surface area contributed by atoms with E-state index in [-0.39, 0.29) is 18.1 Å². The molecule has 0 aromatic rings. The van der Waals surface area contributed by atoms with Crippen molar-refractivity contribution in [2.75, 3.05) is 13.2 Å². The molecule has 0 aliphatic heterocycles. The van der Waals surface area contributed by atoms with Gasteiger partial charge in [-0.3, -0.25) is 0 Å². The summed E-state index contributed by atoms with van der Waals surface area (Å²) in [7, 11) is 0. The molecule has 0 radical (unpaired) electrons. The van der Waals surface area contributed by atoms with Crippen molar-refractivity contribution in [3.63, 3.8) is 0 Å². The van der Waals surface area contributed by atoms with Crippen LogP contribution in [-0.2, 0) is 9.47 Å². The van der Waals surface area contributed by atoms with Crippen LogP contribution >= 0.6 is 0 Å². The van der Waals surface area contributed by atoms with Crippen LogP contribution in [0.25, 0.3) is 0 Å². The molecule has 0 unspecified atom stereocenters. The van der Waals surface area contributed by atoms with Crippen LogP contribution in [0.2, 0.25) is 0 Å². The minimum atomic E-state index is -1.18. The fraction of sp³-hybridized carbons (Fsp3) is 0.529. The maximum atomic E-state index is 13.8. The largest absolute Gasteiger partial charge is 0.491 e. The first-order valence-corrected chi connectivity index (χ1v) is 7.26. The highest BCUT2D eigenvalue weighted by atomic mass is 19.2. The zero-order valence-corrected chi connectivity index (χ0v) is 12.7. The van der Waals surface area contributed by atoms with Gasteiger partial charge in [0.05, 0.1) is 6.61 Å². The monoisotopic (exact) mass is 298 g/mol. The second kappa shape index (κ2) is 8.65.